The van der Waals surface area contributed by atoms with Crippen LogP contribution in [0.2, 0.25) is 0 Å². The van der Waals surface area contributed by atoms with Crippen LogP contribution in [0.3, 0.4) is 0 Å². The molecular weight excluding hydrogens is 552 g/mol. The summed E-state index contributed by atoms with van der Waals surface area (Å²) in [6.45, 7) is 7.24. The Bertz CT molecular complexity index is 1420. The maximum absolute atomic E-state index is 13.9. The van der Waals surface area contributed by atoms with Gasteiger partial charge in [0.2, 0.25) is 0 Å². The molecule has 0 aliphatic carbocycles. The Labute approximate surface area is 250 Å². The predicted octanol–water partition coefficient (Wildman–Crippen LogP) is 5.66. The van der Waals surface area contributed by atoms with E-state index in [-0.39, 0.29) is 12.1 Å². The second-order valence-electron chi connectivity index (χ2n) is 10.8. The van der Waals surface area contributed by atoms with Gasteiger partial charge in [-0.25, -0.2) is 13.8 Å². The highest BCUT2D eigenvalue weighted by Crippen LogP contribution is 2.25. The SMILES string of the molecule is CN1CCN(CCCN(Cc2csc(-c3ccc(CNCc4ccccc4)cc3)n2)C(=O)c2cc(F)cc(F)c2)CC1. The summed E-state index contributed by atoms with van der Waals surface area (Å²) in [6, 6.07) is 21.6. The van der Waals surface area contributed by atoms with Crippen LogP contribution in [0.15, 0.2) is 78.2 Å². The summed E-state index contributed by atoms with van der Waals surface area (Å²) in [5.74, 6) is -1.91. The molecule has 1 aliphatic rings. The van der Waals surface area contributed by atoms with Crippen LogP contribution >= 0.6 is 11.3 Å². The first-order valence-electron chi connectivity index (χ1n) is 14.4. The maximum Gasteiger partial charge on any atom is 0.254 e. The Morgan fingerprint density at radius 2 is 1.60 bits per heavy atom. The van der Waals surface area contributed by atoms with Crippen LogP contribution in [0, 0.1) is 11.6 Å². The second-order valence-corrected chi connectivity index (χ2v) is 11.7. The molecule has 0 unspecified atom stereocenters. The minimum absolute atomic E-state index is 0.0130. The summed E-state index contributed by atoms with van der Waals surface area (Å²) in [4.78, 5) is 24.6. The number of nitrogens with zero attached hydrogens (tertiary/aromatic N) is 4. The molecule has 1 aliphatic heterocycles. The second kappa shape index (κ2) is 14.6. The molecule has 42 heavy (non-hydrogen) atoms. The van der Waals surface area contributed by atoms with Gasteiger partial charge in [-0.2, -0.15) is 0 Å². The molecule has 1 aromatic heterocycles. The zero-order valence-electron chi connectivity index (χ0n) is 23.9. The van der Waals surface area contributed by atoms with Gasteiger partial charge in [-0.3, -0.25) is 4.79 Å². The molecular formula is C33H37F2N5OS. The topological polar surface area (TPSA) is 51.7 Å². The number of benzene rings is 3. The summed E-state index contributed by atoms with van der Waals surface area (Å²) in [7, 11) is 2.12. The van der Waals surface area contributed by atoms with Crippen LogP contribution in [0.25, 0.3) is 10.6 Å². The van der Waals surface area contributed by atoms with E-state index in [1.807, 2.05) is 23.6 Å². The molecule has 9 heteroatoms. The summed E-state index contributed by atoms with van der Waals surface area (Å²) in [5, 5.41) is 6.30. The summed E-state index contributed by atoms with van der Waals surface area (Å²) in [6.07, 6.45) is 0.768. The smallest absolute Gasteiger partial charge is 0.254 e. The molecule has 0 spiro atoms. The van der Waals surface area contributed by atoms with Crippen molar-refractivity contribution in [2.24, 2.45) is 0 Å². The van der Waals surface area contributed by atoms with E-state index >= 15 is 0 Å². The first kappa shape index (κ1) is 30.0. The van der Waals surface area contributed by atoms with Crippen molar-refractivity contribution in [3.63, 3.8) is 0 Å². The lowest BCUT2D eigenvalue weighted by molar-refractivity contribution is 0.0726. The van der Waals surface area contributed by atoms with Gasteiger partial charge in [0, 0.05) is 68.4 Å². The molecule has 5 rings (SSSR count). The molecule has 1 amide bonds. The van der Waals surface area contributed by atoms with Gasteiger partial charge in [0.25, 0.3) is 5.91 Å². The molecule has 1 saturated heterocycles. The van der Waals surface area contributed by atoms with Crippen LogP contribution in [0.1, 0.15) is 33.6 Å². The molecule has 0 atom stereocenters. The van der Waals surface area contributed by atoms with E-state index in [2.05, 4.69) is 58.6 Å². The van der Waals surface area contributed by atoms with Gasteiger partial charge in [0.05, 0.1) is 12.2 Å². The van der Waals surface area contributed by atoms with Gasteiger partial charge in [0.1, 0.15) is 16.6 Å². The number of thiazole rings is 1. The number of hydrogen-bond acceptors (Lipinski definition) is 6. The molecule has 1 N–H and O–H groups in total. The van der Waals surface area contributed by atoms with Gasteiger partial charge < -0.3 is 20.0 Å². The number of rotatable bonds is 12. The molecule has 1 fully saturated rings. The Morgan fingerprint density at radius 3 is 2.29 bits per heavy atom. The normalized spacial score (nSPS) is 14.3. The van der Waals surface area contributed by atoms with Crippen LogP contribution in [-0.4, -0.2) is 71.9 Å². The van der Waals surface area contributed by atoms with Crippen LogP contribution in [0.5, 0.6) is 0 Å². The number of piperazine rings is 1. The lowest BCUT2D eigenvalue weighted by Gasteiger charge is -2.33. The molecule has 0 saturated carbocycles. The van der Waals surface area contributed by atoms with Crippen molar-refractivity contribution in [1.29, 1.82) is 0 Å². The number of aromatic nitrogens is 1. The lowest BCUT2D eigenvalue weighted by atomic mass is 10.1. The van der Waals surface area contributed by atoms with E-state index in [0.29, 0.717) is 6.54 Å². The summed E-state index contributed by atoms with van der Waals surface area (Å²) < 4.78 is 27.9. The number of carbonyl (C=O) groups excluding carboxylic acids is 1. The van der Waals surface area contributed by atoms with Crippen molar-refractivity contribution >= 4 is 17.2 Å². The Kier molecular flexibility index (Phi) is 10.4. The van der Waals surface area contributed by atoms with Crippen molar-refractivity contribution < 1.29 is 13.6 Å². The van der Waals surface area contributed by atoms with E-state index in [1.165, 1.54) is 22.5 Å². The fourth-order valence-corrected chi connectivity index (χ4v) is 5.91. The predicted molar refractivity (Wildman–Crippen MR) is 164 cm³/mol. The van der Waals surface area contributed by atoms with Crippen molar-refractivity contribution in [2.45, 2.75) is 26.1 Å². The monoisotopic (exact) mass is 589 g/mol. The molecule has 2 heterocycles. The molecule has 6 nitrogen and oxygen atoms in total. The van der Waals surface area contributed by atoms with Gasteiger partial charge in [-0.1, -0.05) is 54.6 Å². The zero-order valence-corrected chi connectivity index (χ0v) is 24.8. The number of nitrogens with one attached hydrogen (secondary N) is 1. The third-order valence-corrected chi connectivity index (χ3v) is 8.44. The Balaban J connectivity index is 1.21. The van der Waals surface area contributed by atoms with Gasteiger partial charge in [-0.15, -0.1) is 11.3 Å². The highest BCUT2D eigenvalue weighted by atomic mass is 32.1. The van der Waals surface area contributed by atoms with E-state index in [1.54, 1.807) is 4.90 Å². The standard InChI is InChI=1S/C33H37F2N5OS/c1-38-14-16-39(17-15-38)12-5-13-40(33(41)28-18-29(34)20-30(35)19-28)23-31-24-42-32(37-31)27-10-8-26(9-11-27)22-36-21-25-6-3-2-4-7-25/h2-4,6-11,18-20,24,36H,5,12-17,21-23H2,1H3. The van der Waals surface area contributed by atoms with E-state index < -0.39 is 17.5 Å². The number of hydrogen-bond donors (Lipinski definition) is 1. The number of carbonyl (C=O) groups is 1. The number of halogens is 2. The van der Waals surface area contributed by atoms with Crippen molar-refractivity contribution in [2.75, 3.05) is 46.3 Å². The average Bonchev–Trinajstić information content (AvgIpc) is 3.46. The minimum atomic E-state index is -0.759. The Hall–Kier alpha value is -3.50. The lowest BCUT2D eigenvalue weighted by Crippen LogP contribution is -2.45. The maximum atomic E-state index is 13.9. The van der Waals surface area contributed by atoms with E-state index in [9.17, 15) is 13.6 Å². The molecule has 0 radical (unpaired) electrons. The van der Waals surface area contributed by atoms with Crippen molar-refractivity contribution in [1.82, 2.24) is 25.0 Å². The summed E-state index contributed by atoms with van der Waals surface area (Å²) >= 11 is 1.53. The average molecular weight is 590 g/mol. The molecule has 220 valence electrons. The third-order valence-electron chi connectivity index (χ3n) is 7.50. The minimum Gasteiger partial charge on any atom is -0.333 e. The fourth-order valence-electron chi connectivity index (χ4n) is 5.09. The first-order chi connectivity index (χ1) is 20.4. The van der Waals surface area contributed by atoms with E-state index in [4.69, 9.17) is 4.98 Å². The quantitative estimate of drug-likeness (QED) is 0.231. The fraction of sp³-hybridized carbons (Fsp3) is 0.333. The highest BCUT2D eigenvalue weighted by molar-refractivity contribution is 7.13. The summed E-state index contributed by atoms with van der Waals surface area (Å²) in [5.41, 5.74) is 4.22. The van der Waals surface area contributed by atoms with Gasteiger partial charge in [0.15, 0.2) is 0 Å². The van der Waals surface area contributed by atoms with Crippen LogP contribution in [0.4, 0.5) is 8.78 Å². The third kappa shape index (κ3) is 8.51. The first-order valence-corrected chi connectivity index (χ1v) is 15.3. The van der Waals surface area contributed by atoms with E-state index in [0.717, 1.165) is 86.7 Å². The highest BCUT2D eigenvalue weighted by Gasteiger charge is 2.20. The molecule has 4 aromatic rings. The number of likely N-dealkylation sites (N-methyl/N-ethyl adjacent to an activating group) is 1. The van der Waals surface area contributed by atoms with Gasteiger partial charge >= 0.3 is 0 Å². The van der Waals surface area contributed by atoms with Crippen LogP contribution in [-0.2, 0) is 19.6 Å². The van der Waals surface area contributed by atoms with Crippen LogP contribution < -0.4 is 5.32 Å². The molecule has 0 bridgehead atoms. The number of amides is 1. The Morgan fingerprint density at radius 1 is 0.929 bits per heavy atom. The zero-order chi connectivity index (χ0) is 29.3. The van der Waals surface area contributed by atoms with Crippen molar-refractivity contribution in [3.8, 4) is 10.6 Å². The molecule has 3 aromatic carbocycles. The largest absolute Gasteiger partial charge is 0.333 e. The van der Waals surface area contributed by atoms with Gasteiger partial charge in [-0.05, 0) is 43.3 Å². The van der Waals surface area contributed by atoms with Crippen molar-refractivity contribution in [3.05, 3.63) is 112 Å².